The molecular formula is C22H25N3O4. The standard InChI is InChI=1S/C22H25N3O4/c1-13(10-14-6-9-20(26)21(11-14)29-2)23-19-5-3-4-16-17-12-15(25(27)28)7-8-18(17)24-22(16)19/h6-9,11-13,19,23-24,26H,3-5,10H2,1-2H3/t13-,19+/m1/s1. The van der Waals surface area contributed by atoms with Crippen LogP contribution in [0.25, 0.3) is 10.9 Å². The van der Waals surface area contributed by atoms with Crippen molar-refractivity contribution in [3.63, 3.8) is 0 Å². The lowest BCUT2D eigenvalue weighted by molar-refractivity contribution is -0.384. The predicted octanol–water partition coefficient (Wildman–Crippen LogP) is 4.39. The SMILES string of the molecule is COc1cc(C[C@@H](C)N[C@H]2CCCc3c2[nH]c2ccc([N+](=O)[O-])cc32)ccc1O. The van der Waals surface area contributed by atoms with Gasteiger partial charge in [0.2, 0.25) is 0 Å². The molecule has 0 fully saturated rings. The summed E-state index contributed by atoms with van der Waals surface area (Å²) in [5.74, 6) is 0.618. The molecule has 152 valence electrons. The van der Waals surface area contributed by atoms with E-state index in [2.05, 4.69) is 17.2 Å². The normalized spacial score (nSPS) is 17.1. The number of non-ortho nitro benzene ring substituents is 1. The molecule has 0 unspecified atom stereocenters. The summed E-state index contributed by atoms with van der Waals surface area (Å²) >= 11 is 0. The molecule has 0 saturated heterocycles. The van der Waals surface area contributed by atoms with E-state index in [9.17, 15) is 15.2 Å². The fraction of sp³-hybridized carbons (Fsp3) is 0.364. The molecule has 2 atom stereocenters. The average molecular weight is 395 g/mol. The Morgan fingerprint density at radius 3 is 2.93 bits per heavy atom. The molecule has 0 radical (unpaired) electrons. The second kappa shape index (κ2) is 7.75. The van der Waals surface area contributed by atoms with Crippen LogP contribution < -0.4 is 10.1 Å². The van der Waals surface area contributed by atoms with E-state index in [1.54, 1.807) is 31.4 Å². The third-order valence-electron chi connectivity index (χ3n) is 5.67. The molecule has 0 amide bonds. The highest BCUT2D eigenvalue weighted by atomic mass is 16.6. The molecule has 1 heterocycles. The number of methoxy groups -OCH3 is 1. The van der Waals surface area contributed by atoms with Crippen LogP contribution in [0.5, 0.6) is 11.5 Å². The zero-order chi connectivity index (χ0) is 20.5. The fourth-order valence-electron chi connectivity index (χ4n) is 4.34. The second-order valence-electron chi connectivity index (χ2n) is 7.73. The number of aromatic hydroxyl groups is 1. The van der Waals surface area contributed by atoms with Crippen LogP contribution in [0, 0.1) is 10.1 Å². The minimum absolute atomic E-state index is 0.129. The van der Waals surface area contributed by atoms with E-state index in [0.717, 1.165) is 47.8 Å². The van der Waals surface area contributed by atoms with Gasteiger partial charge < -0.3 is 20.1 Å². The number of benzene rings is 2. The van der Waals surface area contributed by atoms with E-state index in [-0.39, 0.29) is 28.4 Å². The van der Waals surface area contributed by atoms with E-state index in [1.165, 1.54) is 5.56 Å². The Bertz CT molecular complexity index is 1060. The van der Waals surface area contributed by atoms with Gasteiger partial charge in [0.1, 0.15) is 0 Å². The summed E-state index contributed by atoms with van der Waals surface area (Å²) in [6, 6.07) is 10.8. The number of aromatic amines is 1. The van der Waals surface area contributed by atoms with Crippen LogP contribution in [-0.2, 0) is 12.8 Å². The number of fused-ring (bicyclic) bond motifs is 3. The first-order valence-electron chi connectivity index (χ1n) is 9.87. The van der Waals surface area contributed by atoms with Crippen LogP contribution >= 0.6 is 0 Å². The van der Waals surface area contributed by atoms with Crippen LogP contribution in [0.2, 0.25) is 0 Å². The van der Waals surface area contributed by atoms with Crippen LogP contribution in [-0.4, -0.2) is 28.2 Å². The molecule has 1 aromatic heterocycles. The van der Waals surface area contributed by atoms with Crippen LogP contribution in [0.4, 0.5) is 5.69 Å². The number of nitrogens with one attached hydrogen (secondary N) is 2. The Hall–Kier alpha value is -3.06. The van der Waals surface area contributed by atoms with Crippen molar-refractivity contribution in [2.45, 2.75) is 44.7 Å². The molecule has 4 rings (SSSR count). The lowest BCUT2D eigenvalue weighted by Gasteiger charge is -2.27. The molecule has 3 N–H and O–H groups in total. The van der Waals surface area contributed by atoms with Gasteiger partial charge in [0.15, 0.2) is 11.5 Å². The predicted molar refractivity (Wildman–Crippen MR) is 112 cm³/mol. The first kappa shape index (κ1) is 19.3. The van der Waals surface area contributed by atoms with Gasteiger partial charge in [-0.05, 0) is 61.9 Å². The molecule has 7 nitrogen and oxygen atoms in total. The van der Waals surface area contributed by atoms with Gasteiger partial charge in [-0.25, -0.2) is 0 Å². The van der Waals surface area contributed by atoms with Crippen molar-refractivity contribution < 1.29 is 14.8 Å². The third kappa shape index (κ3) is 3.78. The Kier molecular flexibility index (Phi) is 5.15. The highest BCUT2D eigenvalue weighted by Gasteiger charge is 2.26. The maximum absolute atomic E-state index is 11.1. The Morgan fingerprint density at radius 2 is 2.17 bits per heavy atom. The minimum atomic E-state index is -0.342. The van der Waals surface area contributed by atoms with Crippen molar-refractivity contribution in [1.29, 1.82) is 0 Å². The Balaban J connectivity index is 1.55. The summed E-state index contributed by atoms with van der Waals surface area (Å²) in [7, 11) is 1.55. The van der Waals surface area contributed by atoms with Crippen LogP contribution in [0.3, 0.4) is 0 Å². The first-order chi connectivity index (χ1) is 14.0. The monoisotopic (exact) mass is 395 g/mol. The number of nitro groups is 1. The van der Waals surface area contributed by atoms with Crippen molar-refractivity contribution in [3.05, 3.63) is 63.3 Å². The number of nitrogens with zero attached hydrogens (tertiary/aromatic N) is 1. The van der Waals surface area contributed by atoms with Gasteiger partial charge in [-0.1, -0.05) is 6.07 Å². The fourth-order valence-corrected chi connectivity index (χ4v) is 4.34. The van der Waals surface area contributed by atoms with E-state index >= 15 is 0 Å². The summed E-state index contributed by atoms with van der Waals surface area (Å²) in [5, 5.41) is 25.6. The summed E-state index contributed by atoms with van der Waals surface area (Å²) in [6.07, 6.45) is 3.79. The number of ether oxygens (including phenoxy) is 1. The van der Waals surface area contributed by atoms with Crippen molar-refractivity contribution in [2.75, 3.05) is 7.11 Å². The number of hydrogen-bond donors (Lipinski definition) is 3. The highest BCUT2D eigenvalue weighted by molar-refractivity contribution is 5.87. The number of phenols is 1. The maximum Gasteiger partial charge on any atom is 0.270 e. The van der Waals surface area contributed by atoms with Crippen LogP contribution in [0.1, 0.15) is 42.6 Å². The van der Waals surface area contributed by atoms with Gasteiger partial charge in [0.05, 0.1) is 12.0 Å². The summed E-state index contributed by atoms with van der Waals surface area (Å²) in [6.45, 7) is 2.14. The number of aryl methyl sites for hydroxylation is 1. The van der Waals surface area contributed by atoms with Gasteiger partial charge in [-0.2, -0.15) is 0 Å². The average Bonchev–Trinajstić information content (AvgIpc) is 3.08. The first-order valence-corrected chi connectivity index (χ1v) is 9.87. The van der Waals surface area contributed by atoms with Crippen molar-refractivity contribution in [1.82, 2.24) is 10.3 Å². The number of phenolic OH excluding ortho intramolecular Hbond substituents is 1. The molecule has 1 aliphatic rings. The lowest BCUT2D eigenvalue weighted by Crippen LogP contribution is -2.34. The van der Waals surface area contributed by atoms with Crippen molar-refractivity contribution in [2.24, 2.45) is 0 Å². The molecule has 3 aromatic rings. The topological polar surface area (TPSA) is 100 Å². The molecule has 1 aliphatic carbocycles. The summed E-state index contributed by atoms with van der Waals surface area (Å²) < 4.78 is 5.20. The van der Waals surface area contributed by atoms with Gasteiger partial charge in [0.25, 0.3) is 5.69 Å². The smallest absolute Gasteiger partial charge is 0.270 e. The zero-order valence-corrected chi connectivity index (χ0v) is 16.6. The Labute approximate surface area is 168 Å². The molecule has 0 saturated carbocycles. The Morgan fingerprint density at radius 1 is 1.34 bits per heavy atom. The van der Waals surface area contributed by atoms with Gasteiger partial charge in [-0.15, -0.1) is 0 Å². The van der Waals surface area contributed by atoms with Gasteiger partial charge in [0, 0.05) is 40.8 Å². The van der Waals surface area contributed by atoms with Crippen molar-refractivity contribution in [3.8, 4) is 11.5 Å². The molecule has 0 spiro atoms. The quantitative estimate of drug-likeness (QED) is 0.425. The highest BCUT2D eigenvalue weighted by Crippen LogP contribution is 2.36. The third-order valence-corrected chi connectivity index (χ3v) is 5.67. The number of hydrogen-bond acceptors (Lipinski definition) is 5. The number of aromatic nitrogens is 1. The number of rotatable bonds is 6. The maximum atomic E-state index is 11.1. The van der Waals surface area contributed by atoms with E-state index in [4.69, 9.17) is 4.74 Å². The number of nitro benzene ring substituents is 1. The molecule has 2 aromatic carbocycles. The molecule has 0 aliphatic heterocycles. The van der Waals surface area contributed by atoms with E-state index < -0.39 is 0 Å². The molecule has 7 heteroatoms. The molecule has 0 bridgehead atoms. The van der Waals surface area contributed by atoms with Gasteiger partial charge in [-0.3, -0.25) is 10.1 Å². The summed E-state index contributed by atoms with van der Waals surface area (Å²) in [5.41, 5.74) is 4.49. The second-order valence-corrected chi connectivity index (χ2v) is 7.73. The largest absolute Gasteiger partial charge is 0.504 e. The molecule has 29 heavy (non-hydrogen) atoms. The van der Waals surface area contributed by atoms with E-state index in [1.807, 2.05) is 12.1 Å². The van der Waals surface area contributed by atoms with Crippen LogP contribution in [0.15, 0.2) is 36.4 Å². The minimum Gasteiger partial charge on any atom is -0.504 e. The van der Waals surface area contributed by atoms with E-state index in [0.29, 0.717) is 5.75 Å². The lowest BCUT2D eigenvalue weighted by atomic mass is 9.91. The van der Waals surface area contributed by atoms with Crippen molar-refractivity contribution >= 4 is 16.6 Å². The molecular weight excluding hydrogens is 370 g/mol. The van der Waals surface area contributed by atoms with Gasteiger partial charge >= 0.3 is 0 Å². The number of H-pyrrole nitrogens is 1. The zero-order valence-electron chi connectivity index (χ0n) is 16.6. The summed E-state index contributed by atoms with van der Waals surface area (Å²) in [4.78, 5) is 14.3.